The smallest absolute Gasteiger partial charge is 0.260 e. The molecule has 0 radical (unpaired) electrons. The van der Waals surface area contributed by atoms with Crippen molar-refractivity contribution in [1.29, 1.82) is 0 Å². The lowest BCUT2D eigenvalue weighted by atomic mass is 9.73. The minimum Gasteiger partial charge on any atom is -0.456 e. The zero-order chi connectivity index (χ0) is 29.1. The molecule has 4 aromatic carbocycles. The molecule has 0 N–H and O–H groups in total. The van der Waals surface area contributed by atoms with Crippen molar-refractivity contribution in [1.82, 2.24) is 0 Å². The van der Waals surface area contributed by atoms with Crippen LogP contribution in [0.15, 0.2) is 78.9 Å². The highest BCUT2D eigenvalue weighted by Crippen LogP contribution is 2.60. The number of rotatable bonds is 6. The first-order chi connectivity index (χ1) is 19.7. The number of carbonyl (C=O) groups is 1. The third-order valence-corrected chi connectivity index (χ3v) is 8.88. The first-order valence-electron chi connectivity index (χ1n) is 15.0. The van der Waals surface area contributed by atoms with E-state index in [1.54, 1.807) is 0 Å². The van der Waals surface area contributed by atoms with Crippen LogP contribution in [0.3, 0.4) is 0 Å². The van der Waals surface area contributed by atoms with E-state index >= 15 is 0 Å². The van der Waals surface area contributed by atoms with Gasteiger partial charge in [-0.2, -0.15) is 0 Å². The molecule has 0 fully saturated rings. The summed E-state index contributed by atoms with van der Waals surface area (Å²) in [5, 5.41) is 0. The Morgan fingerprint density at radius 2 is 1.37 bits per heavy atom. The fourth-order valence-corrected chi connectivity index (χ4v) is 6.90. The summed E-state index contributed by atoms with van der Waals surface area (Å²) in [6, 6.07) is 27.7. The Labute approximate surface area is 244 Å². The van der Waals surface area contributed by atoms with Crippen LogP contribution in [0.4, 0.5) is 11.4 Å². The van der Waals surface area contributed by atoms with Gasteiger partial charge in [-0.1, -0.05) is 82.3 Å². The summed E-state index contributed by atoms with van der Waals surface area (Å²) in [5.74, 6) is 2.10. The molecule has 0 saturated carbocycles. The SMILES string of the molecule is CCN(CC)c1ccc2c(c1)Oc1cc(C)ccc1C21c2ccccc2C(=O)N1c1c(C(C)C)cccc1C(C)C. The molecular formula is C37H40N2O2. The maximum absolute atomic E-state index is 14.9. The van der Waals surface area contributed by atoms with Crippen LogP contribution in [0.25, 0.3) is 0 Å². The van der Waals surface area contributed by atoms with E-state index in [0.29, 0.717) is 0 Å². The summed E-state index contributed by atoms with van der Waals surface area (Å²) in [5.41, 5.74) is 8.49. The largest absolute Gasteiger partial charge is 0.456 e. The second-order valence-corrected chi connectivity index (χ2v) is 11.9. The minimum absolute atomic E-state index is 0.0304. The molecule has 2 aliphatic rings. The third-order valence-electron chi connectivity index (χ3n) is 8.88. The Bertz CT molecular complexity index is 1620. The number of amides is 1. The third kappa shape index (κ3) is 3.91. The Balaban J connectivity index is 1.78. The summed E-state index contributed by atoms with van der Waals surface area (Å²) in [6.07, 6.45) is 0. The van der Waals surface area contributed by atoms with E-state index in [2.05, 4.69) is 125 Å². The van der Waals surface area contributed by atoms with Crippen LogP contribution in [0, 0.1) is 6.92 Å². The van der Waals surface area contributed by atoms with Crippen molar-refractivity contribution in [2.45, 2.75) is 65.8 Å². The monoisotopic (exact) mass is 544 g/mol. The molecule has 1 unspecified atom stereocenters. The number of hydrogen-bond acceptors (Lipinski definition) is 3. The van der Waals surface area contributed by atoms with Gasteiger partial charge in [0.2, 0.25) is 0 Å². The van der Waals surface area contributed by atoms with Crippen molar-refractivity contribution in [3.63, 3.8) is 0 Å². The predicted octanol–water partition coefficient (Wildman–Crippen LogP) is 9.15. The topological polar surface area (TPSA) is 32.8 Å². The summed E-state index contributed by atoms with van der Waals surface area (Å²) in [7, 11) is 0. The number of carbonyl (C=O) groups excluding carboxylic acids is 1. The molecule has 2 heterocycles. The Kier molecular flexibility index (Phi) is 6.68. The molecule has 4 nitrogen and oxygen atoms in total. The lowest BCUT2D eigenvalue weighted by Gasteiger charge is -2.46. The van der Waals surface area contributed by atoms with Gasteiger partial charge in [-0.05, 0) is 67.5 Å². The van der Waals surface area contributed by atoms with Gasteiger partial charge in [0, 0.05) is 47.1 Å². The average molecular weight is 545 g/mol. The molecule has 0 bridgehead atoms. The second-order valence-electron chi connectivity index (χ2n) is 11.9. The molecule has 210 valence electrons. The number of anilines is 2. The first-order valence-corrected chi connectivity index (χ1v) is 15.0. The lowest BCUT2D eigenvalue weighted by Crippen LogP contribution is -2.48. The normalized spacial score (nSPS) is 17.1. The Hall–Kier alpha value is -4.05. The number of aryl methyl sites for hydroxylation is 1. The van der Waals surface area contributed by atoms with E-state index in [-0.39, 0.29) is 17.7 Å². The van der Waals surface area contributed by atoms with Crippen LogP contribution in [0.1, 0.15) is 97.1 Å². The zero-order valence-electron chi connectivity index (χ0n) is 25.3. The fourth-order valence-electron chi connectivity index (χ4n) is 6.90. The number of para-hydroxylation sites is 1. The molecule has 1 atom stereocenters. The van der Waals surface area contributed by atoms with Crippen LogP contribution < -0.4 is 14.5 Å². The molecule has 4 heteroatoms. The first kappa shape index (κ1) is 27.1. The van der Waals surface area contributed by atoms with E-state index in [1.165, 1.54) is 11.1 Å². The maximum Gasteiger partial charge on any atom is 0.260 e. The van der Waals surface area contributed by atoms with E-state index in [1.807, 2.05) is 12.1 Å². The molecule has 0 aliphatic carbocycles. The van der Waals surface area contributed by atoms with Gasteiger partial charge >= 0.3 is 0 Å². The summed E-state index contributed by atoms with van der Waals surface area (Å²) in [6.45, 7) is 17.1. The molecule has 6 rings (SSSR count). The maximum atomic E-state index is 14.9. The molecular weight excluding hydrogens is 504 g/mol. The van der Waals surface area contributed by atoms with Gasteiger partial charge < -0.3 is 9.64 Å². The van der Waals surface area contributed by atoms with Gasteiger partial charge in [-0.25, -0.2) is 0 Å². The van der Waals surface area contributed by atoms with Crippen molar-refractivity contribution in [3.05, 3.63) is 118 Å². The molecule has 41 heavy (non-hydrogen) atoms. The summed E-state index contributed by atoms with van der Waals surface area (Å²) in [4.78, 5) is 19.3. The molecule has 2 aliphatic heterocycles. The van der Waals surface area contributed by atoms with Crippen LogP contribution in [0.5, 0.6) is 11.5 Å². The van der Waals surface area contributed by atoms with Crippen LogP contribution in [0.2, 0.25) is 0 Å². The summed E-state index contributed by atoms with van der Waals surface area (Å²) >= 11 is 0. The highest BCUT2D eigenvalue weighted by Gasteiger charge is 2.57. The van der Waals surface area contributed by atoms with Crippen molar-refractivity contribution in [2.24, 2.45) is 0 Å². The minimum atomic E-state index is -0.874. The van der Waals surface area contributed by atoms with Gasteiger partial charge in [0.1, 0.15) is 17.0 Å². The molecule has 4 aromatic rings. The van der Waals surface area contributed by atoms with Gasteiger partial charge in [0.15, 0.2) is 0 Å². The standard InChI is InChI=1S/C37H40N2O2/c1-8-38(9-2)26-18-20-32-34(22-26)41-33-21-25(7)17-19-31(33)37(32)30-16-11-10-13-29(30)36(40)39(37)35-27(23(3)4)14-12-15-28(35)24(5)6/h10-24H,8-9H2,1-7H3. The van der Waals surface area contributed by atoms with Gasteiger partial charge in [0.25, 0.3) is 5.91 Å². The predicted molar refractivity (Wildman–Crippen MR) is 169 cm³/mol. The molecule has 0 aromatic heterocycles. The van der Waals surface area contributed by atoms with Gasteiger partial charge in [0.05, 0.1) is 5.69 Å². The number of nitrogens with zero attached hydrogens (tertiary/aromatic N) is 2. The van der Waals surface area contributed by atoms with Crippen molar-refractivity contribution < 1.29 is 9.53 Å². The van der Waals surface area contributed by atoms with E-state index in [0.717, 1.165) is 63.8 Å². The summed E-state index contributed by atoms with van der Waals surface area (Å²) < 4.78 is 6.75. The van der Waals surface area contributed by atoms with Crippen molar-refractivity contribution >= 4 is 17.3 Å². The number of ether oxygens (including phenoxy) is 1. The lowest BCUT2D eigenvalue weighted by molar-refractivity contribution is 0.0985. The van der Waals surface area contributed by atoms with Crippen molar-refractivity contribution in [3.8, 4) is 11.5 Å². The quantitative estimate of drug-likeness (QED) is 0.243. The Morgan fingerprint density at radius 1 is 0.756 bits per heavy atom. The molecule has 1 amide bonds. The Morgan fingerprint density at radius 3 is 2.00 bits per heavy atom. The van der Waals surface area contributed by atoms with Crippen molar-refractivity contribution in [2.75, 3.05) is 22.9 Å². The second kappa shape index (κ2) is 10.1. The number of fused-ring (bicyclic) bond motifs is 6. The molecule has 1 spiro atoms. The highest BCUT2D eigenvalue weighted by molar-refractivity contribution is 6.15. The van der Waals surface area contributed by atoms with Crippen LogP contribution in [-0.4, -0.2) is 19.0 Å². The van der Waals surface area contributed by atoms with Crippen LogP contribution in [-0.2, 0) is 5.54 Å². The number of hydrogen-bond donors (Lipinski definition) is 0. The van der Waals surface area contributed by atoms with E-state index < -0.39 is 5.54 Å². The van der Waals surface area contributed by atoms with Gasteiger partial charge in [-0.3, -0.25) is 9.69 Å². The zero-order valence-corrected chi connectivity index (χ0v) is 25.3. The molecule has 0 saturated heterocycles. The van der Waals surface area contributed by atoms with Crippen LogP contribution >= 0.6 is 0 Å². The fraction of sp³-hybridized carbons (Fsp3) is 0.324. The highest BCUT2D eigenvalue weighted by atomic mass is 16.5. The average Bonchev–Trinajstić information content (AvgIpc) is 3.21. The number of benzene rings is 4. The van der Waals surface area contributed by atoms with Gasteiger partial charge in [-0.15, -0.1) is 0 Å². The van der Waals surface area contributed by atoms with E-state index in [4.69, 9.17) is 4.74 Å². The van der Waals surface area contributed by atoms with E-state index in [9.17, 15) is 4.79 Å².